The van der Waals surface area contributed by atoms with Gasteiger partial charge in [0.25, 0.3) is 5.69 Å². The summed E-state index contributed by atoms with van der Waals surface area (Å²) >= 11 is 6.15. The number of halogens is 1. The summed E-state index contributed by atoms with van der Waals surface area (Å²) in [6.07, 6.45) is 0.501. The van der Waals surface area contributed by atoms with Gasteiger partial charge in [0.1, 0.15) is 5.75 Å². The Hall–Kier alpha value is -4.82. The second-order valence-corrected chi connectivity index (χ2v) is 9.53. The molecule has 192 valence electrons. The first-order chi connectivity index (χ1) is 19.0. The molecule has 0 radical (unpaired) electrons. The van der Waals surface area contributed by atoms with Crippen molar-refractivity contribution in [2.24, 2.45) is 5.10 Å². The molecule has 0 saturated heterocycles. The highest BCUT2D eigenvalue weighted by Crippen LogP contribution is 2.38. The molecule has 0 unspecified atom stereocenters. The first-order valence-corrected chi connectivity index (χ1v) is 12.7. The van der Waals surface area contributed by atoms with Crippen molar-refractivity contribution in [3.63, 3.8) is 0 Å². The van der Waals surface area contributed by atoms with Crippen molar-refractivity contribution in [1.82, 2.24) is 9.97 Å². The SMILES string of the molecule is COc1cccc(C2=NN(c3nc(-c4ccc(Cl)cc4)c4ccccc4n3)[C@H](c3cccc([N+](=O)[O-])c3)C2)c1. The molecule has 1 aliphatic heterocycles. The number of ether oxygens (including phenoxy) is 1. The number of methoxy groups -OCH3 is 1. The number of para-hydroxylation sites is 1. The number of non-ortho nitro benzene ring substituents is 1. The molecule has 1 aliphatic rings. The van der Waals surface area contributed by atoms with Crippen LogP contribution in [-0.4, -0.2) is 27.7 Å². The third-order valence-corrected chi connectivity index (χ3v) is 6.95. The number of hydrazone groups is 1. The molecule has 0 fully saturated rings. The van der Waals surface area contributed by atoms with E-state index in [1.54, 1.807) is 24.3 Å². The van der Waals surface area contributed by atoms with Crippen LogP contribution in [0.2, 0.25) is 5.02 Å². The van der Waals surface area contributed by atoms with Gasteiger partial charge in [-0.15, -0.1) is 0 Å². The Morgan fingerprint density at radius 3 is 2.51 bits per heavy atom. The van der Waals surface area contributed by atoms with Crippen LogP contribution in [0.4, 0.5) is 11.6 Å². The van der Waals surface area contributed by atoms with Crippen LogP contribution in [-0.2, 0) is 0 Å². The van der Waals surface area contributed by atoms with Crippen molar-refractivity contribution < 1.29 is 9.66 Å². The predicted molar refractivity (Wildman–Crippen MR) is 152 cm³/mol. The van der Waals surface area contributed by atoms with E-state index in [9.17, 15) is 10.1 Å². The molecule has 0 saturated carbocycles. The Kier molecular flexibility index (Phi) is 6.38. The summed E-state index contributed by atoms with van der Waals surface area (Å²) in [7, 11) is 1.62. The second kappa shape index (κ2) is 10.2. The lowest BCUT2D eigenvalue weighted by Gasteiger charge is -2.23. The number of nitrogens with zero attached hydrogens (tertiary/aromatic N) is 5. The number of benzene rings is 4. The van der Waals surface area contributed by atoms with Crippen molar-refractivity contribution >= 4 is 39.9 Å². The minimum atomic E-state index is -0.391. The minimum absolute atomic E-state index is 0.0172. The van der Waals surface area contributed by atoms with Crippen LogP contribution >= 0.6 is 11.6 Å². The van der Waals surface area contributed by atoms with E-state index in [4.69, 9.17) is 31.4 Å². The fourth-order valence-corrected chi connectivity index (χ4v) is 4.90. The first kappa shape index (κ1) is 24.5. The van der Waals surface area contributed by atoms with E-state index in [1.807, 2.05) is 78.9 Å². The largest absolute Gasteiger partial charge is 0.497 e. The van der Waals surface area contributed by atoms with Crippen LogP contribution in [0.15, 0.2) is 102 Å². The smallest absolute Gasteiger partial charge is 0.269 e. The van der Waals surface area contributed by atoms with Crippen molar-refractivity contribution in [2.45, 2.75) is 12.5 Å². The highest BCUT2D eigenvalue weighted by Gasteiger charge is 2.33. The van der Waals surface area contributed by atoms with Gasteiger partial charge in [0, 0.05) is 40.1 Å². The number of hydrogen-bond acceptors (Lipinski definition) is 7. The summed E-state index contributed by atoms with van der Waals surface area (Å²) in [5, 5.41) is 19.8. The van der Waals surface area contributed by atoms with Gasteiger partial charge in [-0.05, 0) is 35.9 Å². The summed E-state index contributed by atoms with van der Waals surface area (Å²) in [5.41, 5.74) is 4.85. The summed E-state index contributed by atoms with van der Waals surface area (Å²) in [6, 6.07) is 29.3. The van der Waals surface area contributed by atoms with Gasteiger partial charge in [0.15, 0.2) is 0 Å². The standard InChI is InChI=1S/C30H22ClN5O3/c1-39-24-9-5-6-20(17-24)27-18-28(21-7-4-8-23(16-21)36(37)38)35(34-27)30-32-26-11-3-2-10-25(26)29(33-30)19-12-14-22(31)15-13-19/h2-17,28H,18H2,1H3/t28-/m0/s1. The van der Waals surface area contributed by atoms with E-state index in [-0.39, 0.29) is 11.7 Å². The topological polar surface area (TPSA) is 93.8 Å². The Bertz CT molecular complexity index is 1740. The Balaban J connectivity index is 1.53. The summed E-state index contributed by atoms with van der Waals surface area (Å²) in [4.78, 5) is 21.0. The van der Waals surface area contributed by atoms with Gasteiger partial charge in [0.05, 0.1) is 35.0 Å². The molecule has 5 aromatic rings. The van der Waals surface area contributed by atoms with Crippen molar-refractivity contribution in [2.75, 3.05) is 12.1 Å². The summed E-state index contributed by atoms with van der Waals surface area (Å²) < 4.78 is 5.42. The molecule has 0 bridgehead atoms. The van der Waals surface area contributed by atoms with E-state index < -0.39 is 4.92 Å². The van der Waals surface area contributed by atoms with E-state index in [2.05, 4.69) is 0 Å². The Morgan fingerprint density at radius 1 is 0.923 bits per heavy atom. The number of fused-ring (bicyclic) bond motifs is 1. The maximum atomic E-state index is 11.6. The number of nitro groups is 1. The van der Waals surface area contributed by atoms with Crippen LogP contribution in [0.25, 0.3) is 22.2 Å². The lowest BCUT2D eigenvalue weighted by atomic mass is 9.98. The molecule has 9 heteroatoms. The minimum Gasteiger partial charge on any atom is -0.497 e. The molecule has 0 amide bonds. The quantitative estimate of drug-likeness (QED) is 0.168. The van der Waals surface area contributed by atoms with Gasteiger partial charge in [-0.3, -0.25) is 10.1 Å². The fourth-order valence-electron chi connectivity index (χ4n) is 4.77. The van der Waals surface area contributed by atoms with E-state index in [0.29, 0.717) is 23.1 Å². The monoisotopic (exact) mass is 535 g/mol. The molecule has 8 nitrogen and oxygen atoms in total. The van der Waals surface area contributed by atoms with Crippen LogP contribution in [0, 0.1) is 10.1 Å². The van der Waals surface area contributed by atoms with Crippen LogP contribution in [0.5, 0.6) is 5.75 Å². The average Bonchev–Trinajstić information content (AvgIpc) is 3.43. The van der Waals surface area contributed by atoms with E-state index >= 15 is 0 Å². The van der Waals surface area contributed by atoms with Gasteiger partial charge in [-0.25, -0.2) is 15.0 Å². The molecular formula is C30H22ClN5O3. The first-order valence-electron chi connectivity index (χ1n) is 12.3. The van der Waals surface area contributed by atoms with E-state index in [1.165, 1.54) is 6.07 Å². The molecule has 0 spiro atoms. The Morgan fingerprint density at radius 2 is 1.72 bits per heavy atom. The number of nitro benzene ring substituents is 1. The van der Waals surface area contributed by atoms with Crippen molar-refractivity contribution in [1.29, 1.82) is 0 Å². The summed E-state index contributed by atoms with van der Waals surface area (Å²) in [6.45, 7) is 0. The van der Waals surface area contributed by atoms with Crippen molar-refractivity contribution in [3.8, 4) is 17.0 Å². The zero-order chi connectivity index (χ0) is 26.9. The van der Waals surface area contributed by atoms with Gasteiger partial charge < -0.3 is 4.74 Å². The molecule has 1 aromatic heterocycles. The second-order valence-electron chi connectivity index (χ2n) is 9.09. The number of aromatic nitrogens is 2. The molecule has 6 rings (SSSR count). The molecular weight excluding hydrogens is 514 g/mol. The Labute approximate surface area is 229 Å². The van der Waals surface area contributed by atoms with Crippen LogP contribution in [0.3, 0.4) is 0 Å². The molecule has 1 atom stereocenters. The molecule has 39 heavy (non-hydrogen) atoms. The van der Waals surface area contributed by atoms with Crippen LogP contribution < -0.4 is 9.75 Å². The zero-order valence-corrected chi connectivity index (χ0v) is 21.6. The van der Waals surface area contributed by atoms with Gasteiger partial charge >= 0.3 is 0 Å². The zero-order valence-electron chi connectivity index (χ0n) is 20.9. The number of anilines is 1. The highest BCUT2D eigenvalue weighted by atomic mass is 35.5. The third kappa shape index (κ3) is 4.78. The maximum Gasteiger partial charge on any atom is 0.269 e. The normalized spacial score (nSPS) is 14.9. The number of hydrogen-bond donors (Lipinski definition) is 0. The summed E-state index contributed by atoms with van der Waals surface area (Å²) in [5.74, 6) is 1.11. The maximum absolute atomic E-state index is 11.6. The molecule has 0 N–H and O–H groups in total. The van der Waals surface area contributed by atoms with Gasteiger partial charge in [-0.2, -0.15) is 5.10 Å². The third-order valence-electron chi connectivity index (χ3n) is 6.69. The highest BCUT2D eigenvalue weighted by molar-refractivity contribution is 6.30. The van der Waals surface area contributed by atoms with E-state index in [0.717, 1.165) is 39.0 Å². The number of rotatable bonds is 6. The molecule has 2 heterocycles. The lowest BCUT2D eigenvalue weighted by Crippen LogP contribution is -2.21. The van der Waals surface area contributed by atoms with Crippen molar-refractivity contribution in [3.05, 3.63) is 123 Å². The average molecular weight is 536 g/mol. The van der Waals surface area contributed by atoms with Gasteiger partial charge in [-0.1, -0.05) is 66.2 Å². The lowest BCUT2D eigenvalue weighted by molar-refractivity contribution is -0.384. The predicted octanol–water partition coefficient (Wildman–Crippen LogP) is 7.22. The fraction of sp³-hybridized carbons (Fsp3) is 0.100. The molecule has 0 aliphatic carbocycles. The van der Waals surface area contributed by atoms with Crippen LogP contribution in [0.1, 0.15) is 23.6 Å². The molecule has 4 aromatic carbocycles. The van der Waals surface area contributed by atoms with Gasteiger partial charge in [0.2, 0.25) is 5.95 Å².